The van der Waals surface area contributed by atoms with Crippen molar-refractivity contribution in [1.29, 1.82) is 0 Å². The summed E-state index contributed by atoms with van der Waals surface area (Å²) in [5.41, 5.74) is 3.77. The molecule has 1 unspecified atom stereocenters. The Morgan fingerprint density at radius 1 is 1.27 bits per heavy atom. The van der Waals surface area contributed by atoms with Crippen molar-refractivity contribution in [3.63, 3.8) is 0 Å². The summed E-state index contributed by atoms with van der Waals surface area (Å²) >= 11 is 0. The van der Waals surface area contributed by atoms with E-state index in [9.17, 15) is 9.59 Å². The molecule has 2 aromatic rings. The molecule has 1 aromatic heterocycles. The molecular weight excluding hydrogens is 328 g/mol. The highest BCUT2D eigenvalue weighted by molar-refractivity contribution is 5.75. The number of carbonyl (C=O) groups is 1. The highest BCUT2D eigenvalue weighted by Crippen LogP contribution is 2.22. The molecule has 26 heavy (non-hydrogen) atoms. The summed E-state index contributed by atoms with van der Waals surface area (Å²) in [6.45, 7) is 5.17. The second kappa shape index (κ2) is 7.41. The minimum atomic E-state index is -0.368. The van der Waals surface area contributed by atoms with Gasteiger partial charge in [0.2, 0.25) is 5.91 Å². The van der Waals surface area contributed by atoms with E-state index in [1.165, 1.54) is 15.7 Å². The van der Waals surface area contributed by atoms with Gasteiger partial charge in [0.25, 0.3) is 0 Å². The third-order valence-corrected chi connectivity index (χ3v) is 5.17. The molecular formula is C20H26N4O2. The van der Waals surface area contributed by atoms with Crippen LogP contribution in [0.5, 0.6) is 0 Å². The maximum atomic E-state index is 12.6. The second-order valence-corrected chi connectivity index (χ2v) is 7.22. The summed E-state index contributed by atoms with van der Waals surface area (Å²) in [4.78, 5) is 32.7. The van der Waals surface area contributed by atoms with E-state index in [4.69, 9.17) is 0 Å². The van der Waals surface area contributed by atoms with Gasteiger partial charge in [0.15, 0.2) is 0 Å². The lowest BCUT2D eigenvalue weighted by atomic mass is 9.94. The van der Waals surface area contributed by atoms with Crippen molar-refractivity contribution < 1.29 is 4.79 Å². The molecule has 0 N–H and O–H groups in total. The van der Waals surface area contributed by atoms with E-state index in [2.05, 4.69) is 41.2 Å². The minimum Gasteiger partial charge on any atom is -0.343 e. The standard InChI is InChI=1S/C20H26N4O2/c1-14-9-15(2)24(20(26)21-14)13-19(25)23(4)12-18-10-16-7-5-6-8-17(16)11-22(18)3/h5-9,18H,10-13H2,1-4H3. The van der Waals surface area contributed by atoms with Crippen LogP contribution in [-0.4, -0.2) is 51.9 Å². The largest absolute Gasteiger partial charge is 0.348 e. The molecule has 2 heterocycles. The van der Waals surface area contributed by atoms with Crippen LogP contribution in [0.25, 0.3) is 0 Å². The first-order valence-corrected chi connectivity index (χ1v) is 8.91. The maximum Gasteiger partial charge on any atom is 0.348 e. The van der Waals surface area contributed by atoms with Gasteiger partial charge in [-0.25, -0.2) is 4.79 Å². The summed E-state index contributed by atoms with van der Waals surface area (Å²) in [5, 5.41) is 0. The Morgan fingerprint density at radius 3 is 2.65 bits per heavy atom. The summed E-state index contributed by atoms with van der Waals surface area (Å²) in [6.07, 6.45) is 0.926. The second-order valence-electron chi connectivity index (χ2n) is 7.22. The third-order valence-electron chi connectivity index (χ3n) is 5.17. The highest BCUT2D eigenvalue weighted by atomic mass is 16.2. The number of nitrogens with zero attached hydrogens (tertiary/aromatic N) is 4. The van der Waals surface area contributed by atoms with E-state index < -0.39 is 0 Å². The average Bonchev–Trinajstić information content (AvgIpc) is 2.58. The number of aryl methyl sites for hydroxylation is 2. The number of amides is 1. The lowest BCUT2D eigenvalue weighted by Gasteiger charge is -2.36. The first-order chi connectivity index (χ1) is 12.3. The number of rotatable bonds is 4. The van der Waals surface area contributed by atoms with Crippen LogP contribution in [0.1, 0.15) is 22.5 Å². The lowest BCUT2D eigenvalue weighted by molar-refractivity contribution is -0.131. The highest BCUT2D eigenvalue weighted by Gasteiger charge is 2.25. The summed E-state index contributed by atoms with van der Waals surface area (Å²) < 4.78 is 1.44. The predicted octanol–water partition coefficient (Wildman–Crippen LogP) is 1.38. The van der Waals surface area contributed by atoms with Crippen LogP contribution >= 0.6 is 0 Å². The molecule has 1 aliphatic heterocycles. The number of hydrogen-bond acceptors (Lipinski definition) is 4. The molecule has 3 rings (SSSR count). The fraction of sp³-hybridized carbons (Fsp3) is 0.450. The molecule has 0 saturated heterocycles. The van der Waals surface area contributed by atoms with Crippen molar-refractivity contribution in [3.05, 3.63) is 63.3 Å². The number of hydrogen-bond donors (Lipinski definition) is 0. The average molecular weight is 354 g/mol. The van der Waals surface area contributed by atoms with E-state index in [-0.39, 0.29) is 24.2 Å². The fourth-order valence-corrected chi connectivity index (χ4v) is 3.56. The molecule has 0 aliphatic carbocycles. The van der Waals surface area contributed by atoms with E-state index in [0.29, 0.717) is 12.2 Å². The Labute approximate surface area is 154 Å². The zero-order valence-corrected chi connectivity index (χ0v) is 15.9. The summed E-state index contributed by atoms with van der Waals surface area (Å²) in [5.74, 6) is -0.0758. The van der Waals surface area contributed by atoms with Crippen molar-refractivity contribution in [3.8, 4) is 0 Å². The number of aromatic nitrogens is 2. The topological polar surface area (TPSA) is 58.4 Å². The lowest BCUT2D eigenvalue weighted by Crippen LogP contribution is -2.47. The number of benzene rings is 1. The van der Waals surface area contributed by atoms with E-state index in [1.807, 2.05) is 13.0 Å². The van der Waals surface area contributed by atoms with E-state index in [1.54, 1.807) is 18.9 Å². The molecule has 1 atom stereocenters. The first-order valence-electron chi connectivity index (χ1n) is 8.91. The zero-order valence-electron chi connectivity index (χ0n) is 15.9. The molecule has 0 radical (unpaired) electrons. The Kier molecular flexibility index (Phi) is 5.23. The Balaban J connectivity index is 1.68. The number of carbonyl (C=O) groups excluding carboxylic acids is 1. The van der Waals surface area contributed by atoms with Crippen LogP contribution in [0, 0.1) is 13.8 Å². The van der Waals surface area contributed by atoms with Gasteiger partial charge in [0.05, 0.1) is 0 Å². The van der Waals surface area contributed by atoms with Crippen molar-refractivity contribution in [2.24, 2.45) is 0 Å². The maximum absolute atomic E-state index is 12.6. The van der Waals surface area contributed by atoms with Crippen LogP contribution in [0.2, 0.25) is 0 Å². The summed E-state index contributed by atoms with van der Waals surface area (Å²) in [6, 6.07) is 10.6. The van der Waals surface area contributed by atoms with Gasteiger partial charge < -0.3 is 4.90 Å². The van der Waals surface area contributed by atoms with Gasteiger partial charge in [-0.2, -0.15) is 4.98 Å². The Hall–Kier alpha value is -2.47. The Morgan fingerprint density at radius 2 is 1.96 bits per heavy atom. The van der Waals surface area contributed by atoms with Crippen LogP contribution in [0.4, 0.5) is 0 Å². The molecule has 6 nitrogen and oxygen atoms in total. The molecule has 1 amide bonds. The van der Waals surface area contributed by atoms with Crippen molar-refractivity contribution >= 4 is 5.91 Å². The van der Waals surface area contributed by atoms with Crippen LogP contribution in [0.3, 0.4) is 0 Å². The molecule has 1 aromatic carbocycles. The van der Waals surface area contributed by atoms with Gasteiger partial charge in [0, 0.05) is 37.6 Å². The van der Waals surface area contributed by atoms with Gasteiger partial charge in [-0.3, -0.25) is 14.3 Å². The molecule has 0 saturated carbocycles. The van der Waals surface area contributed by atoms with E-state index >= 15 is 0 Å². The SMILES string of the molecule is Cc1cc(C)n(CC(=O)N(C)CC2Cc3ccccc3CN2C)c(=O)n1. The minimum absolute atomic E-state index is 0.0292. The number of likely N-dealkylation sites (N-methyl/N-ethyl adjacent to an activating group) is 2. The van der Waals surface area contributed by atoms with Crippen molar-refractivity contribution in [2.75, 3.05) is 20.6 Å². The molecule has 0 fully saturated rings. The predicted molar refractivity (Wildman–Crippen MR) is 101 cm³/mol. The van der Waals surface area contributed by atoms with Gasteiger partial charge in [-0.05, 0) is 44.5 Å². The fourth-order valence-electron chi connectivity index (χ4n) is 3.56. The summed E-state index contributed by atoms with van der Waals surface area (Å²) in [7, 11) is 3.90. The zero-order chi connectivity index (χ0) is 18.8. The van der Waals surface area contributed by atoms with Crippen molar-refractivity contribution in [1.82, 2.24) is 19.4 Å². The number of fused-ring (bicyclic) bond motifs is 1. The normalized spacial score (nSPS) is 17.0. The first kappa shape index (κ1) is 18.3. The van der Waals surface area contributed by atoms with Crippen molar-refractivity contribution in [2.45, 2.75) is 39.4 Å². The molecule has 0 spiro atoms. The van der Waals surface area contributed by atoms with Gasteiger partial charge in [-0.1, -0.05) is 24.3 Å². The van der Waals surface area contributed by atoms with Gasteiger partial charge in [0.1, 0.15) is 6.54 Å². The quantitative estimate of drug-likeness (QED) is 0.832. The molecule has 6 heteroatoms. The van der Waals surface area contributed by atoms with Gasteiger partial charge in [-0.15, -0.1) is 0 Å². The monoisotopic (exact) mass is 354 g/mol. The molecule has 138 valence electrons. The van der Waals surface area contributed by atoms with Crippen LogP contribution in [0.15, 0.2) is 35.1 Å². The molecule has 0 bridgehead atoms. The Bertz CT molecular complexity index is 874. The third kappa shape index (κ3) is 3.85. The van der Waals surface area contributed by atoms with Crippen LogP contribution < -0.4 is 5.69 Å². The molecule has 1 aliphatic rings. The van der Waals surface area contributed by atoms with Gasteiger partial charge >= 0.3 is 5.69 Å². The van der Waals surface area contributed by atoms with Crippen LogP contribution in [-0.2, 0) is 24.3 Å². The van der Waals surface area contributed by atoms with E-state index in [0.717, 1.165) is 18.7 Å². The smallest absolute Gasteiger partial charge is 0.343 e.